The molecule has 7 heteroatoms. The molecule has 0 aliphatic rings. The summed E-state index contributed by atoms with van der Waals surface area (Å²) < 4.78 is 15.8. The molecule has 1 unspecified atom stereocenters. The molecule has 0 saturated heterocycles. The van der Waals surface area contributed by atoms with Crippen LogP contribution in [0, 0.1) is 0 Å². The third kappa shape index (κ3) is 5.72. The van der Waals surface area contributed by atoms with E-state index in [0.29, 0.717) is 11.5 Å². The number of ether oxygens (including phenoxy) is 3. The van der Waals surface area contributed by atoms with Crippen molar-refractivity contribution in [2.75, 3.05) is 27.9 Å². The van der Waals surface area contributed by atoms with E-state index >= 15 is 0 Å². The first-order valence-corrected chi connectivity index (χ1v) is 8.43. The molecule has 27 heavy (non-hydrogen) atoms. The molecule has 2 aromatic rings. The van der Waals surface area contributed by atoms with Gasteiger partial charge in [0.1, 0.15) is 11.5 Å². The Morgan fingerprint density at radius 3 is 2.37 bits per heavy atom. The second-order valence-corrected chi connectivity index (χ2v) is 5.71. The molecule has 0 spiro atoms. The molecule has 0 bridgehead atoms. The number of methoxy groups -OCH3 is 3. The van der Waals surface area contributed by atoms with Crippen molar-refractivity contribution >= 4 is 11.8 Å². The molecule has 7 nitrogen and oxygen atoms in total. The lowest BCUT2D eigenvalue weighted by molar-refractivity contribution is -0.139. The number of benzene rings is 2. The third-order valence-electron chi connectivity index (χ3n) is 4.04. The number of para-hydroxylation sites is 1. The Labute approximate surface area is 158 Å². The van der Waals surface area contributed by atoms with Gasteiger partial charge in [-0.2, -0.15) is 0 Å². The van der Waals surface area contributed by atoms with Gasteiger partial charge in [0, 0.05) is 25.8 Å². The summed E-state index contributed by atoms with van der Waals surface area (Å²) in [7, 11) is 4.67. The van der Waals surface area contributed by atoms with Crippen molar-refractivity contribution in [1.82, 2.24) is 10.6 Å². The first-order valence-electron chi connectivity index (χ1n) is 8.43. The number of amides is 2. The van der Waals surface area contributed by atoms with Gasteiger partial charge in [-0.1, -0.05) is 30.3 Å². The molecular weight excluding hydrogens is 348 g/mol. The average molecular weight is 372 g/mol. The van der Waals surface area contributed by atoms with Crippen LogP contribution >= 0.6 is 0 Å². The van der Waals surface area contributed by atoms with Gasteiger partial charge < -0.3 is 24.8 Å². The second kappa shape index (κ2) is 10.2. The van der Waals surface area contributed by atoms with Crippen molar-refractivity contribution in [3.05, 3.63) is 59.7 Å². The summed E-state index contributed by atoms with van der Waals surface area (Å²) in [6.45, 7) is 0.352. The minimum atomic E-state index is -0.727. The fourth-order valence-electron chi connectivity index (χ4n) is 2.55. The van der Waals surface area contributed by atoms with Gasteiger partial charge in [-0.05, 0) is 23.8 Å². The zero-order chi connectivity index (χ0) is 19.6. The zero-order valence-electron chi connectivity index (χ0n) is 15.7. The second-order valence-electron chi connectivity index (χ2n) is 5.71. The Balaban J connectivity index is 1.88. The quantitative estimate of drug-likeness (QED) is 0.691. The van der Waals surface area contributed by atoms with E-state index in [2.05, 4.69) is 10.6 Å². The van der Waals surface area contributed by atoms with Crippen LogP contribution in [0.15, 0.2) is 48.5 Å². The molecular formula is C20H24N2O5. The molecule has 0 aliphatic carbocycles. The maximum atomic E-state index is 12.1. The number of carbonyl (C=O) groups excluding carboxylic acids is 2. The topological polar surface area (TPSA) is 85.9 Å². The summed E-state index contributed by atoms with van der Waals surface area (Å²) in [4.78, 5) is 24.1. The maximum absolute atomic E-state index is 12.1. The van der Waals surface area contributed by atoms with Gasteiger partial charge in [-0.25, -0.2) is 0 Å². The van der Waals surface area contributed by atoms with Crippen LogP contribution in [0.2, 0.25) is 0 Å². The fourth-order valence-corrected chi connectivity index (χ4v) is 2.55. The van der Waals surface area contributed by atoms with Crippen LogP contribution in [-0.2, 0) is 20.9 Å². The largest absolute Gasteiger partial charge is 0.497 e. The Kier molecular flexibility index (Phi) is 7.63. The Bertz CT molecular complexity index is 778. The molecule has 2 amide bonds. The maximum Gasteiger partial charge on any atom is 0.309 e. The minimum Gasteiger partial charge on any atom is -0.497 e. The lowest BCUT2D eigenvalue weighted by atomic mass is 10.1. The lowest BCUT2D eigenvalue weighted by Gasteiger charge is -2.17. The monoisotopic (exact) mass is 372 g/mol. The normalized spacial score (nSPS) is 11.4. The summed E-state index contributed by atoms with van der Waals surface area (Å²) in [6, 6.07) is 14.6. The lowest BCUT2D eigenvalue weighted by Crippen LogP contribution is -2.41. The smallest absolute Gasteiger partial charge is 0.309 e. The molecule has 2 N–H and O–H groups in total. The van der Waals surface area contributed by atoms with Gasteiger partial charge in [0.05, 0.1) is 20.3 Å². The number of hydrogen-bond donors (Lipinski definition) is 2. The van der Waals surface area contributed by atoms with Crippen LogP contribution in [0.5, 0.6) is 11.5 Å². The van der Waals surface area contributed by atoms with Gasteiger partial charge in [0.15, 0.2) is 0 Å². The summed E-state index contributed by atoms with van der Waals surface area (Å²) >= 11 is 0. The highest BCUT2D eigenvalue weighted by Crippen LogP contribution is 2.21. The van der Waals surface area contributed by atoms with E-state index in [1.54, 1.807) is 20.3 Å². The van der Waals surface area contributed by atoms with E-state index in [1.165, 1.54) is 7.11 Å². The van der Waals surface area contributed by atoms with Gasteiger partial charge in [0.2, 0.25) is 0 Å². The Morgan fingerprint density at radius 2 is 1.67 bits per heavy atom. The highest BCUT2D eigenvalue weighted by molar-refractivity contribution is 6.35. The minimum absolute atomic E-state index is 0.157. The Morgan fingerprint density at radius 1 is 0.926 bits per heavy atom. The number of rotatable bonds is 8. The molecule has 0 fully saturated rings. The average Bonchev–Trinajstić information content (AvgIpc) is 2.72. The standard InChI is InChI=1S/C20H24N2O5/c1-25-16-9-6-8-14(11-16)18(27-3)13-22-20(24)19(23)21-12-15-7-4-5-10-17(15)26-2/h4-11,18H,12-13H2,1-3H3,(H,21,23)(H,22,24). The number of nitrogens with one attached hydrogen (secondary N) is 2. The van der Waals surface area contributed by atoms with E-state index in [-0.39, 0.29) is 13.1 Å². The van der Waals surface area contributed by atoms with Gasteiger partial charge in [0.25, 0.3) is 0 Å². The summed E-state index contributed by atoms with van der Waals surface area (Å²) in [5.74, 6) is -0.109. The van der Waals surface area contributed by atoms with Crippen molar-refractivity contribution in [3.63, 3.8) is 0 Å². The van der Waals surface area contributed by atoms with Crippen LogP contribution < -0.4 is 20.1 Å². The third-order valence-corrected chi connectivity index (χ3v) is 4.04. The van der Waals surface area contributed by atoms with Crippen molar-refractivity contribution in [2.24, 2.45) is 0 Å². The summed E-state index contributed by atoms with van der Waals surface area (Å²) in [6.07, 6.45) is -0.397. The molecule has 0 aromatic heterocycles. The van der Waals surface area contributed by atoms with E-state index in [0.717, 1.165) is 11.1 Å². The first-order chi connectivity index (χ1) is 13.1. The van der Waals surface area contributed by atoms with Crippen molar-refractivity contribution < 1.29 is 23.8 Å². The highest BCUT2D eigenvalue weighted by atomic mass is 16.5. The molecule has 1 atom stereocenters. The first kappa shape index (κ1) is 20.3. The molecule has 0 radical (unpaired) electrons. The van der Waals surface area contributed by atoms with Crippen LogP contribution in [0.25, 0.3) is 0 Å². The van der Waals surface area contributed by atoms with E-state index < -0.39 is 17.9 Å². The predicted molar refractivity (Wildman–Crippen MR) is 101 cm³/mol. The molecule has 0 aliphatic heterocycles. The van der Waals surface area contributed by atoms with Gasteiger partial charge in [-0.3, -0.25) is 9.59 Å². The number of carbonyl (C=O) groups is 2. The van der Waals surface area contributed by atoms with Gasteiger partial charge >= 0.3 is 11.8 Å². The molecule has 144 valence electrons. The molecule has 2 rings (SSSR count). The highest BCUT2D eigenvalue weighted by Gasteiger charge is 2.17. The Hall–Kier alpha value is -3.06. The van der Waals surface area contributed by atoms with Crippen molar-refractivity contribution in [2.45, 2.75) is 12.6 Å². The van der Waals surface area contributed by atoms with Crippen molar-refractivity contribution in [1.29, 1.82) is 0 Å². The summed E-state index contributed by atoms with van der Waals surface area (Å²) in [5.41, 5.74) is 1.62. The zero-order valence-corrected chi connectivity index (χ0v) is 15.7. The van der Waals surface area contributed by atoms with Crippen LogP contribution in [-0.4, -0.2) is 39.7 Å². The SMILES string of the molecule is COc1cccc(C(CNC(=O)C(=O)NCc2ccccc2OC)OC)c1. The van der Waals surface area contributed by atoms with E-state index in [1.807, 2.05) is 42.5 Å². The fraction of sp³-hybridized carbons (Fsp3) is 0.300. The predicted octanol–water partition coefficient (Wildman–Crippen LogP) is 1.82. The van der Waals surface area contributed by atoms with E-state index in [9.17, 15) is 9.59 Å². The molecule has 0 heterocycles. The molecule has 2 aromatic carbocycles. The van der Waals surface area contributed by atoms with Crippen molar-refractivity contribution in [3.8, 4) is 11.5 Å². The molecule has 0 saturated carbocycles. The van der Waals surface area contributed by atoms with Crippen LogP contribution in [0.3, 0.4) is 0 Å². The van der Waals surface area contributed by atoms with E-state index in [4.69, 9.17) is 14.2 Å². The number of hydrogen-bond acceptors (Lipinski definition) is 5. The van der Waals surface area contributed by atoms with Gasteiger partial charge in [-0.15, -0.1) is 0 Å². The summed E-state index contributed by atoms with van der Waals surface area (Å²) in [5, 5.41) is 5.17. The van der Waals surface area contributed by atoms with Crippen LogP contribution in [0.4, 0.5) is 0 Å². The van der Waals surface area contributed by atoms with Crippen LogP contribution in [0.1, 0.15) is 17.2 Å².